The van der Waals surface area contributed by atoms with Crippen molar-refractivity contribution in [2.45, 2.75) is 32.6 Å². The molecule has 0 heterocycles. The van der Waals surface area contributed by atoms with Crippen LogP contribution in [0.2, 0.25) is 0 Å². The molecule has 3 nitrogen and oxygen atoms in total. The average Bonchev–Trinajstić information content (AvgIpc) is 1.99. The predicted molar refractivity (Wildman–Crippen MR) is 47.2 cm³/mol. The van der Waals surface area contributed by atoms with Crippen LogP contribution in [0.3, 0.4) is 0 Å². The third-order valence-corrected chi connectivity index (χ3v) is 2.37. The number of hydrogen-bond donors (Lipinski definition) is 2. The quantitative estimate of drug-likeness (QED) is 0.624. The molecule has 0 aliphatic heterocycles. The molecule has 1 aliphatic carbocycles. The highest BCUT2D eigenvalue weighted by molar-refractivity contribution is 5.06. The third kappa shape index (κ3) is 2.22. The van der Waals surface area contributed by atoms with Crippen LogP contribution < -0.4 is 5.32 Å². The summed E-state index contributed by atoms with van der Waals surface area (Å²) in [5.41, 5.74) is 1.11. The van der Waals surface area contributed by atoms with Crippen molar-refractivity contribution in [1.29, 1.82) is 0 Å². The lowest BCUT2D eigenvalue weighted by atomic mass is 9.83. The van der Waals surface area contributed by atoms with E-state index in [1.807, 2.05) is 13.0 Å². The van der Waals surface area contributed by atoms with Crippen molar-refractivity contribution >= 4 is 0 Å². The molecule has 1 unspecified atom stereocenters. The SMILES string of the molecule is C/C=C(\NC(O)OC)C1CCC1. The summed E-state index contributed by atoms with van der Waals surface area (Å²) in [6.07, 6.45) is 4.89. The Hall–Kier alpha value is -0.540. The normalized spacial score (nSPS) is 21.8. The number of allylic oxidation sites excluding steroid dienone is 2. The zero-order valence-electron chi connectivity index (χ0n) is 7.71. The molecule has 0 saturated heterocycles. The lowest BCUT2D eigenvalue weighted by Gasteiger charge is -2.30. The maximum absolute atomic E-state index is 9.15. The minimum atomic E-state index is -0.864. The molecular weight excluding hydrogens is 154 g/mol. The van der Waals surface area contributed by atoms with Gasteiger partial charge in [0.2, 0.25) is 6.41 Å². The second-order valence-electron chi connectivity index (χ2n) is 3.10. The van der Waals surface area contributed by atoms with E-state index in [1.165, 1.54) is 26.4 Å². The summed E-state index contributed by atoms with van der Waals surface area (Å²) in [6.45, 7) is 1.98. The van der Waals surface area contributed by atoms with Gasteiger partial charge in [0.05, 0.1) is 0 Å². The number of methoxy groups -OCH3 is 1. The molecule has 3 heteroatoms. The lowest BCUT2D eigenvalue weighted by Crippen LogP contribution is -2.34. The smallest absolute Gasteiger partial charge is 0.234 e. The number of ether oxygens (including phenoxy) is 1. The Labute approximate surface area is 73.4 Å². The minimum absolute atomic E-state index is 0.611. The number of aliphatic hydroxyl groups excluding tert-OH is 1. The second-order valence-corrected chi connectivity index (χ2v) is 3.10. The van der Waals surface area contributed by atoms with Gasteiger partial charge in [0, 0.05) is 12.8 Å². The van der Waals surface area contributed by atoms with Gasteiger partial charge in [-0.15, -0.1) is 0 Å². The van der Waals surface area contributed by atoms with Crippen molar-refractivity contribution in [2.24, 2.45) is 5.92 Å². The summed E-state index contributed by atoms with van der Waals surface area (Å²) < 4.78 is 4.70. The van der Waals surface area contributed by atoms with Gasteiger partial charge in [-0.2, -0.15) is 0 Å². The van der Waals surface area contributed by atoms with Gasteiger partial charge in [-0.25, -0.2) is 0 Å². The highest BCUT2D eigenvalue weighted by Crippen LogP contribution is 2.31. The highest BCUT2D eigenvalue weighted by Gasteiger charge is 2.22. The Morgan fingerprint density at radius 3 is 2.67 bits per heavy atom. The van der Waals surface area contributed by atoms with E-state index in [1.54, 1.807) is 0 Å². The van der Waals surface area contributed by atoms with E-state index in [9.17, 15) is 0 Å². The van der Waals surface area contributed by atoms with E-state index in [0.29, 0.717) is 5.92 Å². The highest BCUT2D eigenvalue weighted by atomic mass is 16.6. The Morgan fingerprint density at radius 1 is 1.67 bits per heavy atom. The monoisotopic (exact) mass is 171 g/mol. The Kier molecular flexibility index (Phi) is 3.56. The predicted octanol–water partition coefficient (Wildman–Crippen LogP) is 1.20. The third-order valence-electron chi connectivity index (χ3n) is 2.37. The maximum Gasteiger partial charge on any atom is 0.234 e. The van der Waals surface area contributed by atoms with Crippen molar-refractivity contribution < 1.29 is 9.84 Å². The first-order valence-corrected chi connectivity index (χ1v) is 4.41. The second kappa shape index (κ2) is 4.48. The van der Waals surface area contributed by atoms with Gasteiger partial charge in [0.25, 0.3) is 0 Å². The van der Waals surface area contributed by atoms with Crippen LogP contribution in [0.4, 0.5) is 0 Å². The first kappa shape index (κ1) is 9.55. The molecule has 70 valence electrons. The molecule has 0 bridgehead atoms. The molecule has 0 aromatic carbocycles. The summed E-state index contributed by atoms with van der Waals surface area (Å²) >= 11 is 0. The summed E-state index contributed by atoms with van der Waals surface area (Å²) in [5.74, 6) is 0.611. The van der Waals surface area contributed by atoms with Gasteiger partial charge < -0.3 is 15.2 Å². The van der Waals surface area contributed by atoms with Gasteiger partial charge in [0.15, 0.2) is 0 Å². The van der Waals surface area contributed by atoms with Crippen molar-refractivity contribution in [2.75, 3.05) is 7.11 Å². The van der Waals surface area contributed by atoms with E-state index in [4.69, 9.17) is 9.84 Å². The van der Waals surface area contributed by atoms with Crippen molar-refractivity contribution in [1.82, 2.24) is 5.32 Å². The van der Waals surface area contributed by atoms with Gasteiger partial charge in [-0.1, -0.05) is 12.5 Å². The zero-order valence-corrected chi connectivity index (χ0v) is 7.71. The van der Waals surface area contributed by atoms with Gasteiger partial charge in [-0.05, 0) is 25.7 Å². The topological polar surface area (TPSA) is 41.5 Å². The number of aliphatic hydroxyl groups is 1. The first-order valence-electron chi connectivity index (χ1n) is 4.41. The van der Waals surface area contributed by atoms with Crippen molar-refractivity contribution in [3.63, 3.8) is 0 Å². The largest absolute Gasteiger partial charge is 0.351 e. The molecule has 1 atom stereocenters. The molecule has 0 aromatic heterocycles. The molecule has 0 spiro atoms. The van der Waals surface area contributed by atoms with Crippen LogP contribution in [0.1, 0.15) is 26.2 Å². The van der Waals surface area contributed by atoms with Crippen LogP contribution in [0.25, 0.3) is 0 Å². The van der Waals surface area contributed by atoms with Crippen LogP contribution in [-0.2, 0) is 4.74 Å². The maximum atomic E-state index is 9.15. The van der Waals surface area contributed by atoms with E-state index in [-0.39, 0.29) is 0 Å². The fourth-order valence-corrected chi connectivity index (χ4v) is 1.36. The molecule has 0 aromatic rings. The minimum Gasteiger partial charge on any atom is -0.351 e. The van der Waals surface area contributed by atoms with E-state index >= 15 is 0 Å². The molecule has 0 radical (unpaired) electrons. The Bertz CT molecular complexity index is 164. The van der Waals surface area contributed by atoms with Crippen LogP contribution in [0.5, 0.6) is 0 Å². The van der Waals surface area contributed by atoms with E-state index in [0.717, 1.165) is 5.70 Å². The summed E-state index contributed by atoms with van der Waals surface area (Å²) in [4.78, 5) is 0. The fraction of sp³-hybridized carbons (Fsp3) is 0.778. The number of nitrogens with one attached hydrogen (secondary N) is 1. The molecule has 12 heavy (non-hydrogen) atoms. The number of hydrogen-bond acceptors (Lipinski definition) is 3. The first-order chi connectivity index (χ1) is 5.77. The average molecular weight is 171 g/mol. The van der Waals surface area contributed by atoms with Crippen molar-refractivity contribution in [3.8, 4) is 0 Å². The summed E-state index contributed by atoms with van der Waals surface area (Å²) in [7, 11) is 1.48. The molecule has 0 amide bonds. The van der Waals surface area contributed by atoms with Gasteiger partial charge in [0.1, 0.15) is 0 Å². The lowest BCUT2D eigenvalue weighted by molar-refractivity contribution is -0.0924. The molecule has 1 rings (SSSR count). The Morgan fingerprint density at radius 2 is 2.33 bits per heavy atom. The van der Waals surface area contributed by atoms with Gasteiger partial charge >= 0.3 is 0 Å². The van der Waals surface area contributed by atoms with E-state index in [2.05, 4.69) is 5.32 Å². The standard InChI is InChI=1S/C9H17NO2/c1-3-8(7-5-4-6-7)10-9(11)12-2/h3,7,9-11H,4-6H2,1-2H3/b8-3-. The molecule has 2 N–H and O–H groups in total. The zero-order chi connectivity index (χ0) is 8.97. The van der Waals surface area contributed by atoms with Crippen molar-refractivity contribution in [3.05, 3.63) is 11.8 Å². The number of rotatable bonds is 4. The van der Waals surface area contributed by atoms with E-state index < -0.39 is 6.41 Å². The molecule has 1 aliphatic rings. The Balaban J connectivity index is 2.35. The molecular formula is C9H17NO2. The van der Waals surface area contributed by atoms with Crippen LogP contribution >= 0.6 is 0 Å². The van der Waals surface area contributed by atoms with Crippen LogP contribution in [-0.4, -0.2) is 18.6 Å². The summed E-state index contributed by atoms with van der Waals surface area (Å²) in [5, 5.41) is 12.1. The molecule has 1 fully saturated rings. The fourth-order valence-electron chi connectivity index (χ4n) is 1.36. The van der Waals surface area contributed by atoms with Crippen LogP contribution in [0.15, 0.2) is 11.8 Å². The molecule has 1 saturated carbocycles. The van der Waals surface area contributed by atoms with Crippen LogP contribution in [0, 0.1) is 5.92 Å². The van der Waals surface area contributed by atoms with Gasteiger partial charge in [-0.3, -0.25) is 0 Å². The summed E-state index contributed by atoms with van der Waals surface area (Å²) in [6, 6.07) is 0.